The predicted molar refractivity (Wildman–Crippen MR) is 28.6 cm³/mol. The third-order valence-corrected chi connectivity index (χ3v) is 1.05. The summed E-state index contributed by atoms with van der Waals surface area (Å²) in [6.07, 6.45) is -9.30. The van der Waals surface area contributed by atoms with Crippen LogP contribution in [0.4, 0.5) is 17.6 Å². The lowest BCUT2D eigenvalue weighted by molar-refractivity contribution is -0.175. The van der Waals surface area contributed by atoms with E-state index < -0.39 is 24.6 Å². The highest BCUT2D eigenvalue weighted by Crippen LogP contribution is 2.22. The minimum absolute atomic E-state index is 0.326. The lowest BCUT2D eigenvalue weighted by Gasteiger charge is -2.21. The van der Waals surface area contributed by atoms with Crippen LogP contribution in [0.25, 0.3) is 0 Å². The molecule has 0 aliphatic heterocycles. The van der Waals surface area contributed by atoms with Gasteiger partial charge in [-0.25, -0.2) is 17.6 Å². The Labute approximate surface area is 60.4 Å². The van der Waals surface area contributed by atoms with Crippen molar-refractivity contribution in [1.82, 2.24) is 0 Å². The van der Waals surface area contributed by atoms with Crippen molar-refractivity contribution in [3.8, 4) is 0 Å². The van der Waals surface area contributed by atoms with Gasteiger partial charge in [0.1, 0.15) is 0 Å². The highest BCUT2D eigenvalue weighted by molar-refractivity contribution is 4.80. The van der Waals surface area contributed by atoms with Crippen molar-refractivity contribution in [1.29, 1.82) is 0 Å². The van der Waals surface area contributed by atoms with Crippen molar-refractivity contribution >= 4 is 0 Å². The molecule has 0 spiro atoms. The average molecular weight is 176 g/mol. The fourth-order valence-corrected chi connectivity index (χ4v) is 0.430. The van der Waals surface area contributed by atoms with Crippen LogP contribution in [-0.4, -0.2) is 34.8 Å². The number of alkyl halides is 4. The van der Waals surface area contributed by atoms with E-state index in [-0.39, 0.29) is 0 Å². The van der Waals surface area contributed by atoms with Gasteiger partial charge in [0.2, 0.25) is 12.2 Å². The van der Waals surface area contributed by atoms with Crippen LogP contribution in [0.5, 0.6) is 0 Å². The van der Waals surface area contributed by atoms with Gasteiger partial charge in [0.25, 0.3) is 0 Å². The minimum Gasteiger partial charge on any atom is -0.362 e. The van der Waals surface area contributed by atoms with Gasteiger partial charge in [-0.05, 0) is 6.92 Å². The monoisotopic (exact) mass is 176 g/mol. The Morgan fingerprint density at radius 3 is 1.73 bits per heavy atom. The Hall–Kier alpha value is -0.360. The second-order valence-electron chi connectivity index (χ2n) is 2.24. The van der Waals surface area contributed by atoms with Crippen LogP contribution >= 0.6 is 0 Å². The van der Waals surface area contributed by atoms with E-state index in [4.69, 9.17) is 10.2 Å². The van der Waals surface area contributed by atoms with Crippen molar-refractivity contribution in [2.75, 3.05) is 0 Å². The number of aliphatic hydroxyl groups excluding tert-OH is 1. The minimum atomic E-state index is -3.48. The summed E-state index contributed by atoms with van der Waals surface area (Å²) in [7, 11) is 0. The van der Waals surface area contributed by atoms with E-state index in [1.54, 1.807) is 0 Å². The molecule has 0 aromatic carbocycles. The number of hydrogen-bond donors (Lipinski definition) is 2. The molecule has 0 fully saturated rings. The summed E-state index contributed by atoms with van der Waals surface area (Å²) in [5.41, 5.74) is 0. The summed E-state index contributed by atoms with van der Waals surface area (Å²) >= 11 is 0. The lowest BCUT2D eigenvalue weighted by atomic mass is 10.1. The van der Waals surface area contributed by atoms with E-state index >= 15 is 0 Å². The van der Waals surface area contributed by atoms with E-state index in [0.717, 1.165) is 0 Å². The molecule has 0 rings (SSSR count). The van der Waals surface area contributed by atoms with Crippen molar-refractivity contribution < 1.29 is 27.8 Å². The average Bonchev–Trinajstić information content (AvgIpc) is 1.82. The summed E-state index contributed by atoms with van der Waals surface area (Å²) < 4.78 is 47.8. The van der Waals surface area contributed by atoms with Gasteiger partial charge in [0.15, 0.2) is 12.3 Å². The number of aliphatic hydroxyl groups is 2. The maximum Gasteiger partial charge on any atom is 0.238 e. The van der Waals surface area contributed by atoms with Crippen LogP contribution in [-0.2, 0) is 0 Å². The maximum absolute atomic E-state index is 12.2. The van der Waals surface area contributed by atoms with Crippen molar-refractivity contribution in [3.05, 3.63) is 0 Å². The van der Waals surface area contributed by atoms with Gasteiger partial charge in [-0.15, -0.1) is 0 Å². The second-order valence-corrected chi connectivity index (χ2v) is 2.24. The molecular formula is C5H8F4O2. The Bertz CT molecular complexity index is 122. The molecule has 0 heterocycles. The van der Waals surface area contributed by atoms with Crippen LogP contribution in [0.15, 0.2) is 0 Å². The first-order chi connectivity index (χ1) is 4.76. The van der Waals surface area contributed by atoms with Crippen LogP contribution in [0.1, 0.15) is 6.92 Å². The molecule has 0 aromatic heterocycles. The van der Waals surface area contributed by atoms with Crippen molar-refractivity contribution in [3.63, 3.8) is 0 Å². The zero-order valence-corrected chi connectivity index (χ0v) is 5.64. The van der Waals surface area contributed by atoms with Crippen LogP contribution in [0, 0.1) is 0 Å². The highest BCUT2D eigenvalue weighted by Gasteiger charge is 2.42. The van der Waals surface area contributed by atoms with E-state index in [1.165, 1.54) is 0 Å². The molecule has 0 aliphatic rings. The fourth-order valence-electron chi connectivity index (χ4n) is 0.430. The summed E-state index contributed by atoms with van der Waals surface area (Å²) in [6.45, 7) is 0.326. The molecule has 0 saturated heterocycles. The molecule has 0 aromatic rings. The molecule has 2 nitrogen and oxygen atoms in total. The molecule has 4 atom stereocenters. The topological polar surface area (TPSA) is 40.5 Å². The lowest BCUT2D eigenvalue weighted by Crippen LogP contribution is -2.42. The molecule has 0 radical (unpaired) electrons. The molecule has 68 valence electrons. The molecule has 6 heteroatoms. The van der Waals surface area contributed by atoms with Crippen LogP contribution in [0.3, 0.4) is 0 Å². The van der Waals surface area contributed by atoms with Crippen molar-refractivity contribution in [2.24, 2.45) is 0 Å². The first kappa shape index (κ1) is 10.6. The molecule has 0 aliphatic carbocycles. The number of halogens is 4. The fraction of sp³-hybridized carbons (Fsp3) is 1.00. The Morgan fingerprint density at radius 1 is 1.27 bits per heavy atom. The van der Waals surface area contributed by atoms with E-state index in [0.29, 0.717) is 6.92 Å². The van der Waals surface area contributed by atoms with E-state index in [1.807, 2.05) is 0 Å². The molecule has 0 amide bonds. The van der Waals surface area contributed by atoms with Gasteiger partial charge in [-0.2, -0.15) is 0 Å². The van der Waals surface area contributed by atoms with E-state index in [2.05, 4.69) is 0 Å². The summed E-state index contributed by atoms with van der Waals surface area (Å²) in [4.78, 5) is 0. The SMILES string of the molecule is CC(O)(F)C(F)C(F)C(O)F. The Balaban J connectivity index is 4.13. The van der Waals surface area contributed by atoms with Gasteiger partial charge in [0, 0.05) is 0 Å². The summed E-state index contributed by atoms with van der Waals surface area (Å²) in [6, 6.07) is 0. The van der Waals surface area contributed by atoms with Gasteiger partial charge >= 0.3 is 0 Å². The Morgan fingerprint density at radius 2 is 1.64 bits per heavy atom. The molecule has 0 bridgehead atoms. The first-order valence-corrected chi connectivity index (χ1v) is 2.78. The van der Waals surface area contributed by atoms with Gasteiger partial charge in [0.05, 0.1) is 0 Å². The molecule has 11 heavy (non-hydrogen) atoms. The molecule has 0 saturated carbocycles. The zero-order chi connectivity index (χ0) is 9.23. The van der Waals surface area contributed by atoms with Crippen molar-refractivity contribution in [2.45, 2.75) is 31.5 Å². The largest absolute Gasteiger partial charge is 0.362 e. The quantitative estimate of drug-likeness (QED) is 0.619. The third-order valence-electron chi connectivity index (χ3n) is 1.05. The maximum atomic E-state index is 12.2. The standard InChI is InChI=1S/C5H8F4O2/c1-5(9,11)3(7)2(6)4(8)10/h2-4,10-11H,1H3. The Kier molecular flexibility index (Phi) is 3.25. The van der Waals surface area contributed by atoms with E-state index in [9.17, 15) is 17.6 Å². The summed E-state index contributed by atoms with van der Waals surface area (Å²) in [5, 5.41) is 15.9. The predicted octanol–water partition coefficient (Wildman–Crippen LogP) is 0.628. The highest BCUT2D eigenvalue weighted by atomic mass is 19.2. The molecular weight excluding hydrogens is 168 g/mol. The summed E-state index contributed by atoms with van der Waals surface area (Å²) in [5.74, 6) is -3.48. The van der Waals surface area contributed by atoms with Gasteiger partial charge in [-0.1, -0.05) is 0 Å². The zero-order valence-electron chi connectivity index (χ0n) is 5.64. The molecule has 2 N–H and O–H groups in total. The number of hydrogen-bond acceptors (Lipinski definition) is 2. The van der Waals surface area contributed by atoms with Crippen LogP contribution in [0.2, 0.25) is 0 Å². The second kappa shape index (κ2) is 3.36. The van der Waals surface area contributed by atoms with Gasteiger partial charge in [-0.3, -0.25) is 0 Å². The third kappa shape index (κ3) is 3.02. The smallest absolute Gasteiger partial charge is 0.238 e. The van der Waals surface area contributed by atoms with Gasteiger partial charge < -0.3 is 10.2 Å². The van der Waals surface area contributed by atoms with Crippen LogP contribution < -0.4 is 0 Å². The first-order valence-electron chi connectivity index (χ1n) is 2.78. The number of rotatable bonds is 3. The molecule has 4 unspecified atom stereocenters. The normalized spacial score (nSPS) is 25.4.